The number of hydrogen-bond donors (Lipinski definition) is 2. The molecule has 1 aromatic carbocycles. The minimum Gasteiger partial charge on any atom is -0.355 e. The maximum atomic E-state index is 13.1. The Bertz CT molecular complexity index is 624. The van der Waals surface area contributed by atoms with Gasteiger partial charge in [-0.05, 0) is 56.3 Å². The van der Waals surface area contributed by atoms with Crippen LogP contribution in [0.3, 0.4) is 0 Å². The number of alkyl halides is 3. The maximum Gasteiger partial charge on any atom is 0.416 e. The molecule has 1 saturated heterocycles. The van der Waals surface area contributed by atoms with Gasteiger partial charge in [0.05, 0.1) is 11.0 Å². The third-order valence-corrected chi connectivity index (χ3v) is 5.88. The van der Waals surface area contributed by atoms with Crippen LogP contribution in [0.1, 0.15) is 56.1 Å². The fourth-order valence-corrected chi connectivity index (χ4v) is 4.32. The summed E-state index contributed by atoms with van der Waals surface area (Å²) in [5.41, 5.74) is -0.996. The zero-order valence-corrected chi connectivity index (χ0v) is 16.2. The molecule has 27 heavy (non-hydrogen) atoms. The Hall–Kier alpha value is -1.27. The minimum absolute atomic E-state index is 0. The molecule has 1 aliphatic heterocycles. The molecule has 7 heteroatoms. The van der Waals surface area contributed by atoms with E-state index in [4.69, 9.17) is 0 Å². The lowest BCUT2D eigenvalue weighted by Gasteiger charge is -2.37. The predicted molar refractivity (Wildman–Crippen MR) is 102 cm³/mol. The standard InChI is InChI=1S/C20H27F3N2O.ClH/c21-20(22,23)17-6-4-5-16(13-17)19(9-2-1-3-10-19)18(26)25-12-8-15-7-11-24-14-15;/h4-6,13,15,24H,1-3,7-12,14H2,(H,25,26);1H. The van der Waals surface area contributed by atoms with E-state index in [1.54, 1.807) is 6.07 Å². The monoisotopic (exact) mass is 404 g/mol. The van der Waals surface area contributed by atoms with Crippen LogP contribution >= 0.6 is 12.4 Å². The second kappa shape index (κ2) is 9.28. The van der Waals surface area contributed by atoms with Gasteiger partial charge in [0.2, 0.25) is 5.91 Å². The maximum absolute atomic E-state index is 13.1. The largest absolute Gasteiger partial charge is 0.416 e. The average Bonchev–Trinajstić information content (AvgIpc) is 3.15. The summed E-state index contributed by atoms with van der Waals surface area (Å²) in [6.07, 6.45) is 1.65. The summed E-state index contributed by atoms with van der Waals surface area (Å²) in [6, 6.07) is 5.35. The van der Waals surface area contributed by atoms with Gasteiger partial charge in [0.15, 0.2) is 0 Å². The lowest BCUT2D eigenvalue weighted by Crippen LogP contribution is -2.46. The molecule has 0 radical (unpaired) electrons. The first-order valence-corrected chi connectivity index (χ1v) is 9.58. The molecule has 0 aromatic heterocycles. The summed E-state index contributed by atoms with van der Waals surface area (Å²) in [5.74, 6) is 0.466. The van der Waals surface area contributed by atoms with Crippen LogP contribution in [0.15, 0.2) is 24.3 Å². The van der Waals surface area contributed by atoms with Crippen LogP contribution in [0.5, 0.6) is 0 Å². The van der Waals surface area contributed by atoms with Gasteiger partial charge in [0.25, 0.3) is 0 Å². The molecule has 1 heterocycles. The lowest BCUT2D eigenvalue weighted by molar-refractivity contribution is -0.138. The normalized spacial score (nSPS) is 22.1. The number of carbonyl (C=O) groups excluding carboxylic acids is 1. The van der Waals surface area contributed by atoms with Crippen molar-refractivity contribution >= 4 is 18.3 Å². The van der Waals surface area contributed by atoms with Crippen molar-refractivity contribution < 1.29 is 18.0 Å². The van der Waals surface area contributed by atoms with Gasteiger partial charge in [-0.25, -0.2) is 0 Å². The molecule has 3 nitrogen and oxygen atoms in total. The van der Waals surface area contributed by atoms with E-state index in [2.05, 4.69) is 10.6 Å². The smallest absolute Gasteiger partial charge is 0.355 e. The van der Waals surface area contributed by atoms with Crippen LogP contribution in [-0.4, -0.2) is 25.5 Å². The Balaban J connectivity index is 0.00000261. The topological polar surface area (TPSA) is 41.1 Å². The van der Waals surface area contributed by atoms with Crippen molar-refractivity contribution in [3.8, 4) is 0 Å². The second-order valence-electron chi connectivity index (χ2n) is 7.62. The van der Waals surface area contributed by atoms with E-state index in [-0.39, 0.29) is 18.3 Å². The highest BCUT2D eigenvalue weighted by Gasteiger charge is 2.42. The number of halogens is 4. The van der Waals surface area contributed by atoms with Gasteiger partial charge in [-0.3, -0.25) is 4.79 Å². The van der Waals surface area contributed by atoms with Gasteiger partial charge in [0.1, 0.15) is 0 Å². The first-order chi connectivity index (χ1) is 12.4. The molecule has 152 valence electrons. The molecule has 2 fully saturated rings. The fraction of sp³-hybridized carbons (Fsp3) is 0.650. The van der Waals surface area contributed by atoms with Gasteiger partial charge in [0, 0.05) is 6.54 Å². The van der Waals surface area contributed by atoms with E-state index < -0.39 is 17.2 Å². The highest BCUT2D eigenvalue weighted by molar-refractivity contribution is 5.88. The van der Waals surface area contributed by atoms with E-state index in [1.165, 1.54) is 12.1 Å². The zero-order chi connectivity index (χ0) is 18.6. The minimum atomic E-state index is -4.39. The summed E-state index contributed by atoms with van der Waals surface area (Å²) in [6.45, 7) is 2.59. The zero-order valence-electron chi connectivity index (χ0n) is 15.4. The molecular formula is C20H28ClF3N2O. The van der Waals surface area contributed by atoms with E-state index in [0.29, 0.717) is 30.9 Å². The second-order valence-corrected chi connectivity index (χ2v) is 7.62. The number of rotatable bonds is 5. The van der Waals surface area contributed by atoms with Crippen LogP contribution in [-0.2, 0) is 16.4 Å². The number of carbonyl (C=O) groups is 1. The molecule has 1 unspecified atom stereocenters. The molecule has 1 saturated carbocycles. The first-order valence-electron chi connectivity index (χ1n) is 9.58. The summed E-state index contributed by atoms with van der Waals surface area (Å²) in [5, 5.41) is 6.34. The Morgan fingerprint density at radius 2 is 1.96 bits per heavy atom. The van der Waals surface area contributed by atoms with Gasteiger partial charge >= 0.3 is 6.18 Å². The van der Waals surface area contributed by atoms with Crippen LogP contribution in [0.4, 0.5) is 13.2 Å². The van der Waals surface area contributed by atoms with E-state index in [1.807, 2.05) is 0 Å². The van der Waals surface area contributed by atoms with Crippen molar-refractivity contribution in [1.82, 2.24) is 10.6 Å². The summed E-state index contributed by atoms with van der Waals surface area (Å²) >= 11 is 0. The molecule has 0 bridgehead atoms. The Labute approximate surface area is 164 Å². The molecule has 1 atom stereocenters. The van der Waals surface area contributed by atoms with Crippen molar-refractivity contribution in [2.75, 3.05) is 19.6 Å². The summed E-state index contributed by atoms with van der Waals surface area (Å²) in [4.78, 5) is 13.0. The Morgan fingerprint density at radius 3 is 2.59 bits per heavy atom. The number of benzene rings is 1. The third-order valence-electron chi connectivity index (χ3n) is 5.88. The molecule has 0 spiro atoms. The van der Waals surface area contributed by atoms with Crippen molar-refractivity contribution in [2.45, 2.75) is 56.5 Å². The summed E-state index contributed by atoms with van der Waals surface area (Å²) < 4.78 is 39.4. The van der Waals surface area contributed by atoms with E-state index in [0.717, 1.165) is 51.3 Å². The van der Waals surface area contributed by atoms with Crippen molar-refractivity contribution in [1.29, 1.82) is 0 Å². The molecule has 1 aromatic rings. The van der Waals surface area contributed by atoms with Gasteiger partial charge in [-0.15, -0.1) is 12.4 Å². The van der Waals surface area contributed by atoms with Gasteiger partial charge in [-0.2, -0.15) is 13.2 Å². The first kappa shape index (κ1) is 22.0. The number of nitrogens with one attached hydrogen (secondary N) is 2. The van der Waals surface area contributed by atoms with Gasteiger partial charge in [-0.1, -0.05) is 37.5 Å². The van der Waals surface area contributed by atoms with Crippen LogP contribution in [0.2, 0.25) is 0 Å². The third kappa shape index (κ3) is 5.17. The lowest BCUT2D eigenvalue weighted by atomic mass is 9.68. The van der Waals surface area contributed by atoms with Crippen molar-refractivity contribution in [2.24, 2.45) is 5.92 Å². The predicted octanol–water partition coefficient (Wildman–Crippen LogP) is 4.44. The van der Waals surface area contributed by atoms with E-state index >= 15 is 0 Å². The van der Waals surface area contributed by atoms with E-state index in [9.17, 15) is 18.0 Å². The molecule has 1 amide bonds. The molecule has 2 N–H and O–H groups in total. The molecule has 2 aliphatic rings. The quantitative estimate of drug-likeness (QED) is 0.761. The molecule has 3 rings (SSSR count). The Morgan fingerprint density at radius 1 is 1.22 bits per heavy atom. The van der Waals surface area contributed by atoms with Crippen molar-refractivity contribution in [3.63, 3.8) is 0 Å². The average molecular weight is 405 g/mol. The number of amides is 1. The fourth-order valence-electron chi connectivity index (χ4n) is 4.32. The molecule has 1 aliphatic carbocycles. The highest BCUT2D eigenvalue weighted by Crippen LogP contribution is 2.41. The van der Waals surface area contributed by atoms with Crippen molar-refractivity contribution in [3.05, 3.63) is 35.4 Å². The Kier molecular flexibility index (Phi) is 7.57. The molecular weight excluding hydrogens is 377 g/mol. The highest BCUT2D eigenvalue weighted by atomic mass is 35.5. The van der Waals surface area contributed by atoms with Crippen LogP contribution in [0.25, 0.3) is 0 Å². The van der Waals surface area contributed by atoms with Crippen LogP contribution in [0, 0.1) is 5.92 Å². The van der Waals surface area contributed by atoms with Crippen LogP contribution < -0.4 is 10.6 Å². The summed E-state index contributed by atoms with van der Waals surface area (Å²) in [7, 11) is 0. The number of hydrogen-bond acceptors (Lipinski definition) is 2. The van der Waals surface area contributed by atoms with Gasteiger partial charge < -0.3 is 10.6 Å². The SMILES string of the molecule is Cl.O=C(NCCC1CCNC1)C1(c2cccc(C(F)(F)F)c2)CCCCC1.